The third-order valence-electron chi connectivity index (χ3n) is 3.26. The fourth-order valence-electron chi connectivity index (χ4n) is 2.28. The van der Waals surface area contributed by atoms with Gasteiger partial charge in [-0.25, -0.2) is 0 Å². The van der Waals surface area contributed by atoms with Gasteiger partial charge in [0, 0.05) is 19.8 Å². The average molecular weight is 265 g/mol. The van der Waals surface area contributed by atoms with Crippen LogP contribution in [0.1, 0.15) is 18.4 Å². The molecule has 0 spiro atoms. The van der Waals surface area contributed by atoms with Gasteiger partial charge in [0.1, 0.15) is 18.3 Å². The Morgan fingerprint density at radius 3 is 2.74 bits per heavy atom. The predicted octanol–water partition coefficient (Wildman–Crippen LogP) is 1.29. The minimum atomic E-state index is -0.457. The van der Waals surface area contributed by atoms with E-state index in [1.807, 2.05) is 31.2 Å². The van der Waals surface area contributed by atoms with Gasteiger partial charge in [-0.2, -0.15) is 0 Å². The third kappa shape index (κ3) is 2.88. The third-order valence-corrected chi connectivity index (χ3v) is 3.26. The van der Waals surface area contributed by atoms with Crippen LogP contribution in [0, 0.1) is 0 Å². The van der Waals surface area contributed by atoms with Gasteiger partial charge in [-0.3, -0.25) is 4.79 Å². The van der Waals surface area contributed by atoms with Crippen LogP contribution in [0.3, 0.4) is 0 Å². The lowest BCUT2D eigenvalue weighted by Crippen LogP contribution is -2.45. The molecule has 1 N–H and O–H groups in total. The second-order valence-corrected chi connectivity index (χ2v) is 4.54. The number of hydrogen-bond acceptors (Lipinski definition) is 4. The van der Waals surface area contributed by atoms with Crippen LogP contribution in [-0.4, -0.2) is 39.1 Å². The number of hydrogen-bond donors (Lipinski definition) is 1. The van der Waals surface area contributed by atoms with E-state index in [1.165, 1.54) is 0 Å². The number of para-hydroxylation sites is 1. The maximum absolute atomic E-state index is 12.3. The second-order valence-electron chi connectivity index (χ2n) is 4.54. The highest BCUT2D eigenvalue weighted by atomic mass is 16.7. The predicted molar refractivity (Wildman–Crippen MR) is 70.1 cm³/mol. The maximum Gasteiger partial charge on any atom is 0.231 e. The van der Waals surface area contributed by atoms with Crippen LogP contribution in [-0.2, 0) is 14.3 Å². The molecule has 0 saturated carbocycles. The van der Waals surface area contributed by atoms with E-state index in [4.69, 9.17) is 14.2 Å². The number of nitrogens with one attached hydrogen (secondary N) is 1. The number of benzene rings is 1. The molecule has 1 heterocycles. The molecular weight excluding hydrogens is 246 g/mol. The topological polar surface area (TPSA) is 56.8 Å². The minimum Gasteiger partial charge on any atom is -0.492 e. The first-order valence-corrected chi connectivity index (χ1v) is 6.25. The van der Waals surface area contributed by atoms with E-state index in [2.05, 4.69) is 5.32 Å². The average Bonchev–Trinajstić information content (AvgIpc) is 2.84. The van der Waals surface area contributed by atoms with Gasteiger partial charge in [0.25, 0.3) is 0 Å². The summed E-state index contributed by atoms with van der Waals surface area (Å²) in [6, 6.07) is 7.37. The molecule has 1 amide bonds. The molecule has 0 saturated heterocycles. The number of rotatable bonds is 5. The molecule has 1 aliphatic heterocycles. The van der Waals surface area contributed by atoms with Crippen molar-refractivity contribution < 1.29 is 19.0 Å². The van der Waals surface area contributed by atoms with E-state index in [9.17, 15) is 4.79 Å². The standard InChI is InChI=1S/C14H19NO4/c1-9(14(17-2)18-3)15-13(16)11-8-19-12-7-5-4-6-10(11)12/h4-7,9,11,14H,8H2,1-3H3,(H,15,16). The molecule has 0 radical (unpaired) electrons. The summed E-state index contributed by atoms with van der Waals surface area (Å²) in [6.45, 7) is 2.22. The number of fused-ring (bicyclic) bond motifs is 1. The van der Waals surface area contributed by atoms with Gasteiger partial charge in [-0.1, -0.05) is 18.2 Å². The van der Waals surface area contributed by atoms with Crippen LogP contribution in [0.2, 0.25) is 0 Å². The molecule has 2 rings (SSSR count). The van der Waals surface area contributed by atoms with Crippen molar-refractivity contribution in [3.05, 3.63) is 29.8 Å². The van der Waals surface area contributed by atoms with Gasteiger partial charge in [0.05, 0.1) is 6.04 Å². The van der Waals surface area contributed by atoms with Crippen molar-refractivity contribution in [2.45, 2.75) is 25.2 Å². The Kier molecular flexibility index (Phi) is 4.39. The molecule has 19 heavy (non-hydrogen) atoms. The van der Waals surface area contributed by atoms with Gasteiger partial charge in [-0.15, -0.1) is 0 Å². The Balaban J connectivity index is 2.02. The molecule has 5 nitrogen and oxygen atoms in total. The summed E-state index contributed by atoms with van der Waals surface area (Å²) in [6.07, 6.45) is -0.457. The first-order chi connectivity index (χ1) is 9.17. The highest BCUT2D eigenvalue weighted by molar-refractivity contribution is 5.85. The van der Waals surface area contributed by atoms with Gasteiger partial charge < -0.3 is 19.5 Å². The largest absolute Gasteiger partial charge is 0.492 e. The second kappa shape index (κ2) is 6.04. The molecule has 1 aromatic rings. The van der Waals surface area contributed by atoms with Gasteiger partial charge in [0.2, 0.25) is 5.91 Å². The first kappa shape index (κ1) is 13.8. The molecule has 0 fully saturated rings. The summed E-state index contributed by atoms with van der Waals surface area (Å²) in [5.41, 5.74) is 0.929. The van der Waals surface area contributed by atoms with Crippen LogP contribution < -0.4 is 10.1 Å². The van der Waals surface area contributed by atoms with Crippen LogP contribution >= 0.6 is 0 Å². The quantitative estimate of drug-likeness (QED) is 0.815. The Morgan fingerprint density at radius 2 is 2.05 bits per heavy atom. The van der Waals surface area contributed by atoms with Gasteiger partial charge in [0.15, 0.2) is 6.29 Å². The summed E-state index contributed by atoms with van der Waals surface area (Å²) >= 11 is 0. The summed E-state index contributed by atoms with van der Waals surface area (Å²) in [5.74, 6) is 0.440. The Labute approximate surface area is 112 Å². The summed E-state index contributed by atoms with van der Waals surface area (Å²) in [5, 5.41) is 2.90. The molecule has 104 valence electrons. The molecule has 1 aliphatic rings. The van der Waals surface area contributed by atoms with Crippen molar-refractivity contribution in [2.75, 3.05) is 20.8 Å². The van der Waals surface area contributed by atoms with E-state index in [0.29, 0.717) is 6.61 Å². The molecule has 0 bridgehead atoms. The molecule has 0 aromatic heterocycles. The number of amides is 1. The summed E-state index contributed by atoms with van der Waals surface area (Å²) in [7, 11) is 3.09. The number of ether oxygens (including phenoxy) is 3. The van der Waals surface area contributed by atoms with Crippen molar-refractivity contribution in [1.29, 1.82) is 0 Å². The zero-order chi connectivity index (χ0) is 13.8. The maximum atomic E-state index is 12.3. The highest BCUT2D eigenvalue weighted by Gasteiger charge is 2.31. The molecule has 1 aromatic carbocycles. The van der Waals surface area contributed by atoms with E-state index in [1.54, 1.807) is 14.2 Å². The van der Waals surface area contributed by atoms with E-state index in [-0.39, 0.29) is 17.9 Å². The van der Waals surface area contributed by atoms with Crippen molar-refractivity contribution in [3.63, 3.8) is 0 Å². The molecule has 0 aliphatic carbocycles. The first-order valence-electron chi connectivity index (χ1n) is 6.25. The van der Waals surface area contributed by atoms with E-state index < -0.39 is 6.29 Å². The fraction of sp³-hybridized carbons (Fsp3) is 0.500. The Morgan fingerprint density at radius 1 is 1.37 bits per heavy atom. The van der Waals surface area contributed by atoms with Gasteiger partial charge >= 0.3 is 0 Å². The summed E-state index contributed by atoms with van der Waals surface area (Å²) < 4.78 is 15.8. The highest BCUT2D eigenvalue weighted by Crippen LogP contribution is 2.33. The zero-order valence-electron chi connectivity index (χ0n) is 11.4. The molecule has 2 unspecified atom stereocenters. The number of methoxy groups -OCH3 is 2. The van der Waals surface area contributed by atoms with Crippen LogP contribution in [0.4, 0.5) is 0 Å². The molecule has 5 heteroatoms. The van der Waals surface area contributed by atoms with Crippen LogP contribution in [0.5, 0.6) is 5.75 Å². The minimum absolute atomic E-state index is 0.0726. The smallest absolute Gasteiger partial charge is 0.231 e. The number of carbonyl (C=O) groups excluding carboxylic acids is 1. The molecule has 2 atom stereocenters. The Bertz CT molecular complexity index is 445. The van der Waals surface area contributed by atoms with Gasteiger partial charge in [-0.05, 0) is 13.0 Å². The molecular formula is C14H19NO4. The van der Waals surface area contributed by atoms with Crippen LogP contribution in [0.25, 0.3) is 0 Å². The van der Waals surface area contributed by atoms with E-state index in [0.717, 1.165) is 11.3 Å². The lowest BCUT2D eigenvalue weighted by Gasteiger charge is -2.23. The monoisotopic (exact) mass is 265 g/mol. The van der Waals surface area contributed by atoms with Crippen molar-refractivity contribution in [1.82, 2.24) is 5.32 Å². The lowest BCUT2D eigenvalue weighted by molar-refractivity contribution is -0.136. The lowest BCUT2D eigenvalue weighted by atomic mass is 10.0. The van der Waals surface area contributed by atoms with Crippen molar-refractivity contribution >= 4 is 5.91 Å². The van der Waals surface area contributed by atoms with Crippen molar-refractivity contribution in [2.24, 2.45) is 0 Å². The number of carbonyl (C=O) groups is 1. The van der Waals surface area contributed by atoms with Crippen molar-refractivity contribution in [3.8, 4) is 5.75 Å². The Hall–Kier alpha value is -1.59. The summed E-state index contributed by atoms with van der Waals surface area (Å²) in [4.78, 5) is 12.3. The SMILES string of the molecule is COC(OC)C(C)NC(=O)C1COc2ccccc21. The zero-order valence-corrected chi connectivity index (χ0v) is 11.4. The fourth-order valence-corrected chi connectivity index (χ4v) is 2.28. The van der Waals surface area contributed by atoms with Crippen LogP contribution in [0.15, 0.2) is 24.3 Å². The van der Waals surface area contributed by atoms with E-state index >= 15 is 0 Å². The normalized spacial score (nSPS) is 18.8.